The van der Waals surface area contributed by atoms with Crippen LogP contribution in [0.1, 0.15) is 17.5 Å². The molecule has 1 aromatic carbocycles. The zero-order valence-corrected chi connectivity index (χ0v) is 9.64. The Balaban J connectivity index is 2.17. The number of halogens is 1. The second-order valence-corrected chi connectivity index (χ2v) is 4.65. The topological polar surface area (TPSA) is 32.3 Å². The van der Waals surface area contributed by atoms with Crippen LogP contribution in [0, 0.1) is 12.8 Å². The third kappa shape index (κ3) is 2.27. The maximum absolute atomic E-state index is 9.89. The number of benzene rings is 1. The maximum atomic E-state index is 9.89. The molecule has 1 aromatic rings. The first kappa shape index (κ1) is 10.8. The fraction of sp³-hybridized carbons (Fsp3) is 0.500. The van der Waals surface area contributed by atoms with Crippen molar-refractivity contribution < 1.29 is 5.11 Å². The van der Waals surface area contributed by atoms with Crippen molar-refractivity contribution in [3.63, 3.8) is 0 Å². The van der Waals surface area contributed by atoms with Crippen molar-refractivity contribution >= 4 is 11.6 Å². The molecule has 0 radical (unpaired) electrons. The Kier molecular flexibility index (Phi) is 3.17. The van der Waals surface area contributed by atoms with E-state index in [-0.39, 0.29) is 5.75 Å². The van der Waals surface area contributed by atoms with Gasteiger partial charge >= 0.3 is 0 Å². The van der Waals surface area contributed by atoms with Gasteiger partial charge in [-0.25, -0.2) is 0 Å². The van der Waals surface area contributed by atoms with E-state index in [0.717, 1.165) is 30.6 Å². The highest BCUT2D eigenvalue weighted by Crippen LogP contribution is 2.32. The lowest BCUT2D eigenvalue weighted by Gasteiger charge is -2.11. The van der Waals surface area contributed by atoms with Gasteiger partial charge in [0.2, 0.25) is 0 Å². The molecule has 2 nitrogen and oxygen atoms in total. The molecule has 0 spiro atoms. The summed E-state index contributed by atoms with van der Waals surface area (Å²) >= 11 is 6.00. The van der Waals surface area contributed by atoms with Crippen molar-refractivity contribution in [3.8, 4) is 5.75 Å². The minimum atomic E-state index is 0.267. The van der Waals surface area contributed by atoms with E-state index in [2.05, 4.69) is 5.32 Å². The number of phenolic OH excluding ortho intramolecular Hbond substituents is 1. The summed E-state index contributed by atoms with van der Waals surface area (Å²) in [6.45, 7) is 4.04. The van der Waals surface area contributed by atoms with E-state index in [1.165, 1.54) is 6.42 Å². The Hall–Kier alpha value is -0.730. The van der Waals surface area contributed by atoms with Gasteiger partial charge in [0.15, 0.2) is 0 Å². The molecule has 15 heavy (non-hydrogen) atoms. The summed E-state index contributed by atoms with van der Waals surface area (Å²) in [6.07, 6.45) is 2.10. The van der Waals surface area contributed by atoms with Gasteiger partial charge in [-0.3, -0.25) is 0 Å². The molecule has 1 heterocycles. The predicted molar refractivity (Wildman–Crippen MR) is 62.5 cm³/mol. The Morgan fingerprint density at radius 1 is 1.53 bits per heavy atom. The van der Waals surface area contributed by atoms with Gasteiger partial charge < -0.3 is 10.4 Å². The smallest absolute Gasteiger partial charge is 0.137 e. The Morgan fingerprint density at radius 3 is 3.00 bits per heavy atom. The highest BCUT2D eigenvalue weighted by atomic mass is 35.5. The first-order valence-corrected chi connectivity index (χ1v) is 5.74. The average molecular weight is 226 g/mol. The van der Waals surface area contributed by atoms with Crippen LogP contribution in [0.25, 0.3) is 0 Å². The molecule has 1 aliphatic rings. The van der Waals surface area contributed by atoms with Gasteiger partial charge in [0.25, 0.3) is 0 Å². The lowest BCUT2D eigenvalue weighted by molar-refractivity contribution is 0.459. The van der Waals surface area contributed by atoms with Crippen molar-refractivity contribution in [2.75, 3.05) is 13.1 Å². The van der Waals surface area contributed by atoms with Crippen LogP contribution in [0.15, 0.2) is 12.1 Å². The Labute approximate surface area is 95.3 Å². The van der Waals surface area contributed by atoms with Crippen molar-refractivity contribution in [2.24, 2.45) is 5.92 Å². The minimum absolute atomic E-state index is 0.267. The molecule has 0 bridgehead atoms. The summed E-state index contributed by atoms with van der Waals surface area (Å²) in [7, 11) is 0. The molecule has 0 aromatic heterocycles. The molecule has 0 aliphatic carbocycles. The number of hydrogen-bond acceptors (Lipinski definition) is 2. The zero-order chi connectivity index (χ0) is 10.8. The van der Waals surface area contributed by atoms with Gasteiger partial charge in [-0.15, -0.1) is 0 Å². The summed E-state index contributed by atoms with van der Waals surface area (Å²) in [5.41, 5.74) is 1.90. The van der Waals surface area contributed by atoms with Crippen LogP contribution in [0.2, 0.25) is 5.02 Å². The molecular formula is C12H16ClNO. The largest absolute Gasteiger partial charge is 0.506 e. The zero-order valence-electron chi connectivity index (χ0n) is 8.89. The van der Waals surface area contributed by atoms with Crippen LogP contribution in [0.5, 0.6) is 5.75 Å². The maximum Gasteiger partial charge on any atom is 0.137 e. The van der Waals surface area contributed by atoms with E-state index < -0.39 is 0 Å². The summed E-state index contributed by atoms with van der Waals surface area (Å²) < 4.78 is 0. The van der Waals surface area contributed by atoms with Gasteiger partial charge in [0, 0.05) is 0 Å². The minimum Gasteiger partial charge on any atom is -0.506 e. The second kappa shape index (κ2) is 4.42. The van der Waals surface area contributed by atoms with E-state index in [1.807, 2.05) is 19.1 Å². The molecule has 0 amide bonds. The van der Waals surface area contributed by atoms with E-state index in [1.54, 1.807) is 0 Å². The number of hydrogen-bond donors (Lipinski definition) is 2. The van der Waals surface area contributed by atoms with Gasteiger partial charge in [-0.1, -0.05) is 23.7 Å². The van der Waals surface area contributed by atoms with Gasteiger partial charge in [-0.05, 0) is 49.9 Å². The van der Waals surface area contributed by atoms with Crippen LogP contribution in [0.3, 0.4) is 0 Å². The molecule has 1 unspecified atom stereocenters. The summed E-state index contributed by atoms with van der Waals surface area (Å²) in [5.74, 6) is 0.901. The predicted octanol–water partition coefficient (Wildman–Crippen LogP) is 2.51. The molecule has 2 N–H and O–H groups in total. The van der Waals surface area contributed by atoms with Crippen molar-refractivity contribution in [3.05, 3.63) is 28.3 Å². The van der Waals surface area contributed by atoms with Gasteiger partial charge in [0.05, 0.1) is 5.02 Å². The molecule has 1 fully saturated rings. The highest BCUT2D eigenvalue weighted by Gasteiger charge is 2.17. The summed E-state index contributed by atoms with van der Waals surface area (Å²) in [4.78, 5) is 0. The van der Waals surface area contributed by atoms with Crippen molar-refractivity contribution in [1.29, 1.82) is 0 Å². The standard InChI is InChI=1S/C12H16ClNO/c1-8-2-3-10(12(15)11(8)13)6-9-4-5-14-7-9/h2-3,9,14-15H,4-7H2,1H3. The SMILES string of the molecule is Cc1ccc(CC2CCNC2)c(O)c1Cl. The molecule has 82 valence electrons. The Morgan fingerprint density at radius 2 is 2.33 bits per heavy atom. The van der Waals surface area contributed by atoms with E-state index in [0.29, 0.717) is 10.9 Å². The van der Waals surface area contributed by atoms with Crippen LogP contribution < -0.4 is 5.32 Å². The van der Waals surface area contributed by atoms with Gasteiger partial charge in [-0.2, -0.15) is 0 Å². The van der Waals surface area contributed by atoms with Crippen LogP contribution >= 0.6 is 11.6 Å². The average Bonchev–Trinajstić information content (AvgIpc) is 2.72. The van der Waals surface area contributed by atoms with Crippen LogP contribution in [0.4, 0.5) is 0 Å². The van der Waals surface area contributed by atoms with Crippen molar-refractivity contribution in [2.45, 2.75) is 19.8 Å². The number of phenols is 1. The highest BCUT2D eigenvalue weighted by molar-refractivity contribution is 6.32. The van der Waals surface area contributed by atoms with Gasteiger partial charge in [0.1, 0.15) is 5.75 Å². The lowest BCUT2D eigenvalue weighted by atomic mass is 9.97. The first-order valence-electron chi connectivity index (χ1n) is 5.36. The number of aryl methyl sites for hydroxylation is 1. The fourth-order valence-corrected chi connectivity index (χ4v) is 2.25. The molecular weight excluding hydrogens is 210 g/mol. The molecule has 2 rings (SSSR count). The molecule has 0 saturated carbocycles. The fourth-order valence-electron chi connectivity index (χ4n) is 2.07. The van der Waals surface area contributed by atoms with E-state index in [9.17, 15) is 5.11 Å². The summed E-state index contributed by atoms with van der Waals surface area (Å²) in [6, 6.07) is 3.95. The number of aromatic hydroxyl groups is 1. The first-order chi connectivity index (χ1) is 7.18. The molecule has 1 atom stereocenters. The third-order valence-corrected chi connectivity index (χ3v) is 3.54. The quantitative estimate of drug-likeness (QED) is 0.811. The number of nitrogens with one attached hydrogen (secondary N) is 1. The second-order valence-electron chi connectivity index (χ2n) is 4.27. The molecule has 1 saturated heterocycles. The Bertz CT molecular complexity index is 359. The molecule has 3 heteroatoms. The van der Waals surface area contributed by atoms with Crippen LogP contribution in [-0.2, 0) is 6.42 Å². The number of rotatable bonds is 2. The summed E-state index contributed by atoms with van der Waals surface area (Å²) in [5, 5.41) is 13.7. The monoisotopic (exact) mass is 225 g/mol. The van der Waals surface area contributed by atoms with E-state index in [4.69, 9.17) is 11.6 Å². The van der Waals surface area contributed by atoms with Crippen molar-refractivity contribution in [1.82, 2.24) is 5.32 Å². The normalized spacial score (nSPS) is 20.8. The van der Waals surface area contributed by atoms with E-state index >= 15 is 0 Å². The van der Waals surface area contributed by atoms with Crippen LogP contribution in [-0.4, -0.2) is 18.2 Å². The third-order valence-electron chi connectivity index (χ3n) is 3.06. The molecule has 1 aliphatic heterocycles. The lowest BCUT2D eigenvalue weighted by Crippen LogP contribution is -2.10.